The highest BCUT2D eigenvalue weighted by atomic mass is 19.3. The first-order valence-electron chi connectivity index (χ1n) is 6.26. The quantitative estimate of drug-likeness (QED) is 0.905. The van der Waals surface area contributed by atoms with Crippen LogP contribution in [0.3, 0.4) is 0 Å². The number of likely N-dealkylation sites (tertiary alicyclic amines) is 1. The maximum Gasteiger partial charge on any atom is 0.280 e. The monoisotopic (exact) mass is 273 g/mol. The van der Waals surface area contributed by atoms with E-state index < -0.39 is 17.9 Å². The van der Waals surface area contributed by atoms with Crippen LogP contribution in [0.15, 0.2) is 10.8 Å². The maximum absolute atomic E-state index is 13.9. The van der Waals surface area contributed by atoms with Crippen molar-refractivity contribution in [3.63, 3.8) is 0 Å². The van der Waals surface area contributed by atoms with Crippen molar-refractivity contribution >= 4 is 5.91 Å². The van der Waals surface area contributed by atoms with Gasteiger partial charge in [-0.2, -0.15) is 0 Å². The molecular formula is C12H17F2N3O2. The zero-order chi connectivity index (χ0) is 14.0. The molecule has 1 aromatic rings. The van der Waals surface area contributed by atoms with Gasteiger partial charge in [-0.3, -0.25) is 9.69 Å². The average Bonchev–Trinajstić information content (AvgIpc) is 2.77. The Labute approximate surface area is 109 Å². The molecule has 19 heavy (non-hydrogen) atoms. The predicted octanol–water partition coefficient (Wildman–Crippen LogP) is 1.44. The van der Waals surface area contributed by atoms with Crippen LogP contribution in [-0.2, 0) is 0 Å². The van der Waals surface area contributed by atoms with E-state index in [1.54, 1.807) is 11.8 Å². The minimum Gasteiger partial charge on any atom is -0.364 e. The Morgan fingerprint density at radius 2 is 2.42 bits per heavy atom. The number of carbonyl (C=O) groups excluding carboxylic acids is 1. The Hall–Kier alpha value is -1.50. The number of carbonyl (C=O) groups is 1. The lowest BCUT2D eigenvalue weighted by molar-refractivity contribution is -0.0863. The second kappa shape index (κ2) is 5.24. The van der Waals surface area contributed by atoms with E-state index in [0.717, 1.165) is 0 Å². The first kappa shape index (κ1) is 13.9. The molecule has 1 aromatic heterocycles. The van der Waals surface area contributed by atoms with E-state index in [2.05, 4.69) is 15.0 Å². The molecule has 1 unspecified atom stereocenters. The number of aryl methyl sites for hydroxylation is 1. The number of aromatic nitrogens is 1. The van der Waals surface area contributed by atoms with E-state index in [-0.39, 0.29) is 18.7 Å². The molecule has 7 heteroatoms. The van der Waals surface area contributed by atoms with Crippen molar-refractivity contribution in [2.24, 2.45) is 0 Å². The molecule has 1 aliphatic heterocycles. The summed E-state index contributed by atoms with van der Waals surface area (Å²) < 4.78 is 32.5. The first-order valence-corrected chi connectivity index (χ1v) is 6.26. The number of hydrogen-bond donors (Lipinski definition) is 1. The predicted molar refractivity (Wildman–Crippen MR) is 64.2 cm³/mol. The van der Waals surface area contributed by atoms with Crippen LogP contribution in [0, 0.1) is 6.92 Å². The van der Waals surface area contributed by atoms with Crippen molar-refractivity contribution in [2.75, 3.05) is 19.6 Å². The number of nitrogens with zero attached hydrogens (tertiary/aromatic N) is 2. The third-order valence-electron chi connectivity index (χ3n) is 3.39. The second-order valence-electron chi connectivity index (χ2n) is 4.79. The molecule has 1 aliphatic rings. The van der Waals surface area contributed by atoms with Crippen molar-refractivity contribution in [3.05, 3.63) is 17.5 Å². The number of rotatable bonds is 3. The van der Waals surface area contributed by atoms with Crippen LogP contribution in [0.2, 0.25) is 0 Å². The molecule has 0 aromatic carbocycles. The standard InChI is InChI=1S/C12H17F2N3O2/c1-3-17-5-4-9(12(13,14)7-17)15-11(18)10-8(2)6-19-16-10/h6,9H,3-5,7H2,1-2H3,(H,15,18). The lowest BCUT2D eigenvalue weighted by Crippen LogP contribution is -2.58. The number of halogens is 2. The van der Waals surface area contributed by atoms with Crippen molar-refractivity contribution in [1.29, 1.82) is 0 Å². The first-order chi connectivity index (χ1) is 8.94. The SMILES string of the molecule is CCN1CCC(NC(=O)c2nocc2C)C(F)(F)C1. The van der Waals surface area contributed by atoms with Crippen molar-refractivity contribution in [1.82, 2.24) is 15.4 Å². The number of alkyl halides is 2. The van der Waals surface area contributed by atoms with Crippen molar-refractivity contribution < 1.29 is 18.1 Å². The van der Waals surface area contributed by atoms with E-state index in [0.29, 0.717) is 18.7 Å². The molecular weight excluding hydrogens is 256 g/mol. The van der Waals surface area contributed by atoms with E-state index in [1.165, 1.54) is 6.26 Å². The van der Waals surface area contributed by atoms with Crippen LogP contribution in [-0.4, -0.2) is 47.6 Å². The third kappa shape index (κ3) is 2.91. The number of piperidine rings is 1. The number of amides is 1. The minimum absolute atomic E-state index is 0.0636. The van der Waals surface area contributed by atoms with Crippen LogP contribution < -0.4 is 5.32 Å². The summed E-state index contributed by atoms with van der Waals surface area (Å²) in [7, 11) is 0. The van der Waals surface area contributed by atoms with Crippen molar-refractivity contribution in [3.8, 4) is 0 Å². The van der Waals surface area contributed by atoms with Gasteiger partial charge >= 0.3 is 0 Å². The van der Waals surface area contributed by atoms with Crippen LogP contribution in [0.4, 0.5) is 8.78 Å². The topological polar surface area (TPSA) is 58.4 Å². The highest BCUT2D eigenvalue weighted by Crippen LogP contribution is 2.27. The number of nitrogens with one attached hydrogen (secondary N) is 1. The van der Waals surface area contributed by atoms with Gasteiger partial charge in [-0.15, -0.1) is 0 Å². The fourth-order valence-electron chi connectivity index (χ4n) is 2.19. The lowest BCUT2D eigenvalue weighted by atomic mass is 10.0. The van der Waals surface area contributed by atoms with Gasteiger partial charge in [0.15, 0.2) is 5.69 Å². The molecule has 0 bridgehead atoms. The fourth-order valence-corrected chi connectivity index (χ4v) is 2.19. The van der Waals surface area contributed by atoms with Crippen molar-refractivity contribution in [2.45, 2.75) is 32.2 Å². The van der Waals surface area contributed by atoms with Gasteiger partial charge in [0.1, 0.15) is 6.26 Å². The van der Waals surface area contributed by atoms with Gasteiger partial charge in [0, 0.05) is 12.1 Å². The summed E-state index contributed by atoms with van der Waals surface area (Å²) in [6.07, 6.45) is 1.54. The molecule has 0 radical (unpaired) electrons. The van der Waals surface area contributed by atoms with Crippen LogP contribution in [0.1, 0.15) is 29.4 Å². The zero-order valence-corrected chi connectivity index (χ0v) is 10.9. The average molecular weight is 273 g/mol. The summed E-state index contributed by atoms with van der Waals surface area (Å²) in [6, 6.07) is -1.15. The van der Waals surface area contributed by atoms with Gasteiger partial charge in [-0.25, -0.2) is 8.78 Å². The Morgan fingerprint density at radius 3 is 2.95 bits per heavy atom. The van der Waals surface area contributed by atoms with Crippen LogP contribution >= 0.6 is 0 Å². The molecule has 5 nitrogen and oxygen atoms in total. The highest BCUT2D eigenvalue weighted by Gasteiger charge is 2.45. The molecule has 0 saturated carbocycles. The van der Waals surface area contributed by atoms with Gasteiger partial charge in [0.25, 0.3) is 11.8 Å². The van der Waals surface area contributed by atoms with E-state index in [4.69, 9.17) is 0 Å². The molecule has 0 aliphatic carbocycles. The summed E-state index contributed by atoms with van der Waals surface area (Å²) in [5.74, 6) is -3.54. The summed E-state index contributed by atoms with van der Waals surface area (Å²) in [5.41, 5.74) is 0.598. The van der Waals surface area contributed by atoms with Gasteiger partial charge in [-0.05, 0) is 19.9 Å². The summed E-state index contributed by atoms with van der Waals surface area (Å²) in [6.45, 7) is 4.29. The largest absolute Gasteiger partial charge is 0.364 e. The Balaban J connectivity index is 2.03. The minimum atomic E-state index is -2.93. The van der Waals surface area contributed by atoms with Gasteiger partial charge in [-0.1, -0.05) is 12.1 Å². The zero-order valence-electron chi connectivity index (χ0n) is 10.9. The van der Waals surface area contributed by atoms with Gasteiger partial charge in [0.05, 0.1) is 12.6 Å². The Kier molecular flexibility index (Phi) is 3.84. The molecule has 2 heterocycles. The Morgan fingerprint density at radius 1 is 1.68 bits per heavy atom. The normalized spacial score (nSPS) is 23.3. The van der Waals surface area contributed by atoms with Gasteiger partial charge in [0.2, 0.25) is 0 Å². The molecule has 1 atom stereocenters. The Bertz CT molecular complexity index is 462. The molecule has 1 fully saturated rings. The molecule has 1 amide bonds. The van der Waals surface area contributed by atoms with Crippen LogP contribution in [0.5, 0.6) is 0 Å². The second-order valence-corrected chi connectivity index (χ2v) is 4.79. The smallest absolute Gasteiger partial charge is 0.280 e. The van der Waals surface area contributed by atoms with Crippen LogP contribution in [0.25, 0.3) is 0 Å². The summed E-state index contributed by atoms with van der Waals surface area (Å²) in [4.78, 5) is 13.5. The molecule has 0 spiro atoms. The highest BCUT2D eigenvalue weighted by molar-refractivity contribution is 5.93. The van der Waals surface area contributed by atoms with E-state index >= 15 is 0 Å². The maximum atomic E-state index is 13.9. The lowest BCUT2D eigenvalue weighted by Gasteiger charge is -2.37. The molecule has 1 saturated heterocycles. The fraction of sp³-hybridized carbons (Fsp3) is 0.667. The molecule has 2 rings (SSSR count). The van der Waals surface area contributed by atoms with E-state index in [1.807, 2.05) is 6.92 Å². The summed E-state index contributed by atoms with van der Waals surface area (Å²) in [5, 5.41) is 5.88. The molecule has 1 N–H and O–H groups in total. The number of hydrogen-bond acceptors (Lipinski definition) is 4. The van der Waals surface area contributed by atoms with E-state index in [9.17, 15) is 13.6 Å². The van der Waals surface area contributed by atoms with Gasteiger partial charge < -0.3 is 9.84 Å². The molecule has 106 valence electrons. The third-order valence-corrected chi connectivity index (χ3v) is 3.39. The summed E-state index contributed by atoms with van der Waals surface area (Å²) >= 11 is 0.